The summed E-state index contributed by atoms with van der Waals surface area (Å²) in [5.74, 6) is -0.515. The topological polar surface area (TPSA) is 138 Å². The zero-order chi connectivity index (χ0) is 31.1. The Hall–Kier alpha value is -2.78. The van der Waals surface area contributed by atoms with E-state index in [-0.39, 0.29) is 42.0 Å². The van der Waals surface area contributed by atoms with Gasteiger partial charge in [0.1, 0.15) is 21.8 Å². The Bertz CT molecular complexity index is 1610. The van der Waals surface area contributed by atoms with Crippen molar-refractivity contribution in [2.24, 2.45) is 5.92 Å². The van der Waals surface area contributed by atoms with E-state index in [1.54, 1.807) is 18.3 Å². The first-order chi connectivity index (χ1) is 21.0. The van der Waals surface area contributed by atoms with Gasteiger partial charge in [-0.1, -0.05) is 31.3 Å². The maximum Gasteiger partial charge on any atom is 0.280 e. The number of thiazole rings is 1. The monoisotopic (exact) mass is 646 g/mol. The highest BCUT2D eigenvalue weighted by Crippen LogP contribution is 2.38. The number of likely N-dealkylation sites (tertiary alicyclic amines) is 1. The molecule has 0 spiro atoms. The quantitative estimate of drug-likeness (QED) is 0.377. The molecule has 11 nitrogen and oxygen atoms in total. The van der Waals surface area contributed by atoms with Crippen LogP contribution in [0.3, 0.4) is 0 Å². The van der Waals surface area contributed by atoms with Crippen LogP contribution in [0.2, 0.25) is 0 Å². The number of aliphatic hydroxyl groups excluding tert-OH is 1. The van der Waals surface area contributed by atoms with Gasteiger partial charge in [-0.15, -0.1) is 0 Å². The Balaban J connectivity index is 1.22. The number of amides is 1. The van der Waals surface area contributed by atoms with E-state index in [9.17, 15) is 18.3 Å². The summed E-state index contributed by atoms with van der Waals surface area (Å²) in [5.41, 5.74) is 1.80. The first kappa shape index (κ1) is 31.2. The lowest BCUT2D eigenvalue weighted by Gasteiger charge is -2.33. The van der Waals surface area contributed by atoms with Crippen LogP contribution in [0.25, 0.3) is 10.3 Å². The van der Waals surface area contributed by atoms with Gasteiger partial charge >= 0.3 is 0 Å². The number of aliphatic hydroxyl groups is 1. The Labute approximate surface area is 260 Å². The average Bonchev–Trinajstić information content (AvgIpc) is 3.42. The number of fused-ring (bicyclic) bond motifs is 2. The van der Waals surface area contributed by atoms with Crippen molar-refractivity contribution in [2.75, 3.05) is 43.0 Å². The SMILES string of the molecule is CC(C)[C@]1(F)CCc2nc3sc(C(=O)N[C@H](CCN4CCC(O)CC4)c4ccc(N5CCOCS5(=O)=O)nc4)nc3cc2C1. The molecular formula is C30H39FN6O5S2. The van der Waals surface area contributed by atoms with Gasteiger partial charge in [-0.05, 0) is 61.3 Å². The van der Waals surface area contributed by atoms with Crippen molar-refractivity contribution in [1.82, 2.24) is 25.2 Å². The van der Waals surface area contributed by atoms with Crippen molar-refractivity contribution in [2.45, 2.75) is 70.2 Å². The summed E-state index contributed by atoms with van der Waals surface area (Å²) < 4.78 is 46.7. The molecule has 0 saturated carbocycles. The second kappa shape index (κ2) is 12.5. The number of sulfonamides is 1. The second-order valence-electron chi connectivity index (χ2n) is 12.4. The molecule has 3 aliphatic rings. The smallest absolute Gasteiger partial charge is 0.280 e. The zero-order valence-corrected chi connectivity index (χ0v) is 26.7. The van der Waals surface area contributed by atoms with Crippen LogP contribution in [-0.4, -0.2) is 89.8 Å². The number of alkyl halides is 1. The molecule has 2 fully saturated rings. The van der Waals surface area contributed by atoms with Crippen molar-refractivity contribution in [3.63, 3.8) is 0 Å². The third-order valence-electron chi connectivity index (χ3n) is 9.08. The Kier molecular flexibility index (Phi) is 8.90. The molecule has 3 aromatic heterocycles. The van der Waals surface area contributed by atoms with E-state index in [0.717, 1.165) is 29.9 Å². The standard InChI is InChI=1S/C30H39FN6O5S2/c1-19(2)30(31)9-5-23-21(16-30)15-25-28(34-23)43-29(35-25)27(39)33-24(8-12-36-10-6-22(38)7-11-36)20-3-4-26(32-17-20)37-13-14-42-18-44(37,40)41/h3-4,15,17,19,22,24,38H,5-14,16,18H2,1-2H3,(H,33,39)/t24-,30+/m1/s1. The number of ether oxygens (including phenoxy) is 1. The summed E-state index contributed by atoms with van der Waals surface area (Å²) in [4.78, 5) is 30.3. The van der Waals surface area contributed by atoms with E-state index >= 15 is 4.39 Å². The van der Waals surface area contributed by atoms with Crippen LogP contribution in [0.5, 0.6) is 0 Å². The number of hydrogen-bond acceptors (Lipinski definition) is 10. The highest BCUT2D eigenvalue weighted by Gasteiger charge is 2.38. The largest absolute Gasteiger partial charge is 0.393 e. The number of pyridine rings is 2. The van der Waals surface area contributed by atoms with Gasteiger partial charge in [0.2, 0.25) is 0 Å². The molecule has 6 rings (SSSR count). The van der Waals surface area contributed by atoms with E-state index in [1.165, 1.54) is 15.6 Å². The lowest BCUT2D eigenvalue weighted by Crippen LogP contribution is -2.41. The van der Waals surface area contributed by atoms with Crippen LogP contribution in [0.4, 0.5) is 10.2 Å². The van der Waals surface area contributed by atoms with Crippen LogP contribution in [-0.2, 0) is 27.6 Å². The zero-order valence-electron chi connectivity index (χ0n) is 25.0. The molecule has 2 aliphatic heterocycles. The molecule has 14 heteroatoms. The molecule has 44 heavy (non-hydrogen) atoms. The van der Waals surface area contributed by atoms with Gasteiger partial charge in [0.05, 0.1) is 25.3 Å². The number of aromatic nitrogens is 3. The van der Waals surface area contributed by atoms with E-state index in [0.29, 0.717) is 61.2 Å². The predicted molar refractivity (Wildman–Crippen MR) is 166 cm³/mol. The molecule has 0 bridgehead atoms. The van der Waals surface area contributed by atoms with Gasteiger partial charge < -0.3 is 20.1 Å². The number of anilines is 1. The number of piperidine rings is 1. The van der Waals surface area contributed by atoms with E-state index < -0.39 is 21.7 Å². The van der Waals surface area contributed by atoms with Gasteiger partial charge in [0, 0.05) is 37.9 Å². The van der Waals surface area contributed by atoms with Gasteiger partial charge in [0.15, 0.2) is 10.9 Å². The Morgan fingerprint density at radius 1 is 1.25 bits per heavy atom. The fraction of sp³-hybridized carbons (Fsp3) is 0.600. The van der Waals surface area contributed by atoms with Crippen molar-refractivity contribution in [1.29, 1.82) is 0 Å². The molecule has 0 unspecified atom stereocenters. The summed E-state index contributed by atoms with van der Waals surface area (Å²) >= 11 is 1.22. The molecule has 2 N–H and O–H groups in total. The number of hydrogen-bond donors (Lipinski definition) is 2. The summed E-state index contributed by atoms with van der Waals surface area (Å²) in [5, 5.41) is 13.3. The lowest BCUT2D eigenvalue weighted by atomic mass is 9.77. The Morgan fingerprint density at radius 2 is 2.05 bits per heavy atom. The number of rotatable bonds is 8. The average molecular weight is 647 g/mol. The number of carbonyl (C=O) groups excluding carboxylic acids is 1. The van der Waals surface area contributed by atoms with Crippen molar-refractivity contribution < 1.29 is 27.4 Å². The number of aryl methyl sites for hydroxylation is 1. The van der Waals surface area contributed by atoms with Crippen LogP contribution >= 0.6 is 11.3 Å². The molecule has 3 aromatic rings. The molecule has 238 valence electrons. The molecule has 0 aromatic carbocycles. The minimum atomic E-state index is -3.61. The first-order valence-electron chi connectivity index (χ1n) is 15.2. The molecule has 0 radical (unpaired) electrons. The highest BCUT2D eigenvalue weighted by atomic mass is 32.2. The van der Waals surface area contributed by atoms with Gasteiger partial charge in [0.25, 0.3) is 15.9 Å². The number of nitrogens with one attached hydrogen (secondary N) is 1. The third-order valence-corrected chi connectivity index (χ3v) is 11.5. The number of nitrogens with zero attached hydrogens (tertiary/aromatic N) is 5. The van der Waals surface area contributed by atoms with Crippen LogP contribution < -0.4 is 9.62 Å². The van der Waals surface area contributed by atoms with Gasteiger partial charge in [-0.3, -0.25) is 4.79 Å². The molecular weight excluding hydrogens is 607 g/mol. The van der Waals surface area contributed by atoms with Crippen LogP contribution in [0, 0.1) is 5.92 Å². The second-order valence-corrected chi connectivity index (χ2v) is 15.2. The molecule has 2 saturated heterocycles. The minimum Gasteiger partial charge on any atom is -0.393 e. The molecule has 1 amide bonds. The summed E-state index contributed by atoms with van der Waals surface area (Å²) in [6.45, 7) is 6.54. The van der Waals surface area contributed by atoms with Crippen LogP contribution in [0.1, 0.15) is 72.2 Å². The maximum absolute atomic E-state index is 15.4. The summed E-state index contributed by atoms with van der Waals surface area (Å²) in [6.07, 6.45) is 4.64. The third kappa shape index (κ3) is 6.59. The fourth-order valence-electron chi connectivity index (χ4n) is 6.15. The fourth-order valence-corrected chi connectivity index (χ4v) is 8.20. The highest BCUT2D eigenvalue weighted by molar-refractivity contribution is 7.92. The molecule has 5 heterocycles. The van der Waals surface area contributed by atoms with Gasteiger partial charge in [-0.25, -0.2) is 32.1 Å². The van der Waals surface area contributed by atoms with E-state index in [2.05, 4.69) is 20.2 Å². The van der Waals surface area contributed by atoms with Crippen molar-refractivity contribution in [3.05, 3.63) is 46.2 Å². The van der Waals surface area contributed by atoms with E-state index in [1.807, 2.05) is 19.9 Å². The molecule has 1 aliphatic carbocycles. The summed E-state index contributed by atoms with van der Waals surface area (Å²) in [6, 6.07) is 4.92. The minimum absolute atomic E-state index is 0.100. The normalized spacial score (nSPS) is 23.5. The van der Waals surface area contributed by atoms with Crippen molar-refractivity contribution >= 4 is 43.4 Å². The predicted octanol–water partition coefficient (Wildman–Crippen LogP) is 3.38. The van der Waals surface area contributed by atoms with E-state index in [4.69, 9.17) is 9.72 Å². The van der Waals surface area contributed by atoms with Crippen LogP contribution in [0.15, 0.2) is 24.4 Å². The lowest BCUT2D eigenvalue weighted by molar-refractivity contribution is 0.0795. The summed E-state index contributed by atoms with van der Waals surface area (Å²) in [7, 11) is -3.61. The Morgan fingerprint density at radius 3 is 2.75 bits per heavy atom. The number of halogens is 1. The maximum atomic E-state index is 15.4. The number of carbonyl (C=O) groups is 1. The first-order valence-corrected chi connectivity index (χ1v) is 17.7. The van der Waals surface area contributed by atoms with Gasteiger partial charge in [-0.2, -0.15) is 0 Å². The molecule has 2 atom stereocenters. The van der Waals surface area contributed by atoms with Crippen molar-refractivity contribution in [3.8, 4) is 0 Å².